The number of aromatic amines is 1. The zero-order valence-corrected chi connectivity index (χ0v) is 13.8. The molecule has 0 radical (unpaired) electrons. The van der Waals surface area contributed by atoms with Crippen molar-refractivity contribution in [2.75, 3.05) is 26.7 Å². The molecule has 8 nitrogen and oxygen atoms in total. The van der Waals surface area contributed by atoms with Gasteiger partial charge in [-0.05, 0) is 19.3 Å². The molecule has 2 amide bonds. The van der Waals surface area contributed by atoms with E-state index in [4.69, 9.17) is 0 Å². The highest BCUT2D eigenvalue weighted by Gasteiger charge is 2.48. The molecule has 1 spiro atoms. The van der Waals surface area contributed by atoms with Crippen LogP contribution in [0.4, 0.5) is 0 Å². The second-order valence-corrected chi connectivity index (χ2v) is 6.73. The predicted octanol–water partition coefficient (Wildman–Crippen LogP) is -0.602. The van der Waals surface area contributed by atoms with E-state index in [1.165, 1.54) is 16.8 Å². The molecule has 2 aliphatic heterocycles. The first kappa shape index (κ1) is 16.5. The zero-order chi connectivity index (χ0) is 17.3. The molecular formula is C16H22N4O4. The van der Waals surface area contributed by atoms with Gasteiger partial charge in [0.1, 0.15) is 0 Å². The Labute approximate surface area is 139 Å². The fourth-order valence-corrected chi connectivity index (χ4v) is 3.73. The molecule has 0 saturated carbocycles. The van der Waals surface area contributed by atoms with Crippen molar-refractivity contribution in [3.8, 4) is 0 Å². The minimum atomic E-state index is -0.516. The first-order valence-electron chi connectivity index (χ1n) is 8.24. The maximum Gasteiger partial charge on any atom is 0.328 e. The van der Waals surface area contributed by atoms with Gasteiger partial charge in [0, 0.05) is 51.9 Å². The van der Waals surface area contributed by atoms with Gasteiger partial charge in [-0.15, -0.1) is 0 Å². The van der Waals surface area contributed by atoms with Gasteiger partial charge in [0.15, 0.2) is 0 Å². The summed E-state index contributed by atoms with van der Waals surface area (Å²) in [5, 5.41) is 0. The highest BCUT2D eigenvalue weighted by molar-refractivity contribution is 5.85. The fourth-order valence-electron chi connectivity index (χ4n) is 3.73. The molecule has 0 aromatic carbocycles. The second-order valence-electron chi connectivity index (χ2n) is 6.73. The van der Waals surface area contributed by atoms with Crippen LogP contribution in [0.1, 0.15) is 25.7 Å². The normalized spacial score (nSPS) is 24.0. The molecule has 3 rings (SSSR count). The number of aryl methyl sites for hydroxylation is 1. The summed E-state index contributed by atoms with van der Waals surface area (Å²) in [5.41, 5.74) is -1.39. The summed E-state index contributed by atoms with van der Waals surface area (Å²) < 4.78 is 1.31. The van der Waals surface area contributed by atoms with Crippen molar-refractivity contribution in [2.24, 2.45) is 5.41 Å². The summed E-state index contributed by atoms with van der Waals surface area (Å²) in [6.07, 6.45) is 4.07. The average Bonchev–Trinajstić information content (AvgIpc) is 2.97. The highest BCUT2D eigenvalue weighted by atomic mass is 16.2. The van der Waals surface area contributed by atoms with Crippen LogP contribution >= 0.6 is 0 Å². The molecule has 1 unspecified atom stereocenters. The molecule has 0 aliphatic carbocycles. The van der Waals surface area contributed by atoms with E-state index in [0.717, 1.165) is 19.4 Å². The lowest BCUT2D eigenvalue weighted by Gasteiger charge is -2.37. The Balaban J connectivity index is 1.61. The fraction of sp³-hybridized carbons (Fsp3) is 0.625. The molecule has 130 valence electrons. The van der Waals surface area contributed by atoms with Crippen molar-refractivity contribution in [1.29, 1.82) is 0 Å². The number of carbonyl (C=O) groups is 2. The van der Waals surface area contributed by atoms with Crippen LogP contribution in [0.5, 0.6) is 0 Å². The van der Waals surface area contributed by atoms with Gasteiger partial charge in [0.2, 0.25) is 11.8 Å². The van der Waals surface area contributed by atoms with Gasteiger partial charge < -0.3 is 14.4 Å². The predicted molar refractivity (Wildman–Crippen MR) is 86.4 cm³/mol. The molecular weight excluding hydrogens is 312 g/mol. The first-order chi connectivity index (χ1) is 11.4. The monoisotopic (exact) mass is 334 g/mol. The SMILES string of the molecule is CN1CCCC2(CCN(C(=O)CCn3ccc(=O)[nH]c3=O)C2)C1=O. The number of hydrogen-bond acceptors (Lipinski definition) is 4. The minimum absolute atomic E-state index is 0.0639. The van der Waals surface area contributed by atoms with E-state index in [0.29, 0.717) is 19.5 Å². The number of aromatic nitrogens is 2. The summed E-state index contributed by atoms with van der Waals surface area (Å²) in [4.78, 5) is 53.2. The number of hydrogen-bond donors (Lipinski definition) is 1. The second kappa shape index (κ2) is 6.26. The van der Waals surface area contributed by atoms with E-state index < -0.39 is 16.7 Å². The van der Waals surface area contributed by atoms with Crippen LogP contribution in [0.25, 0.3) is 0 Å². The molecule has 8 heteroatoms. The summed E-state index contributed by atoms with van der Waals surface area (Å²) in [6.45, 7) is 2.05. The van der Waals surface area contributed by atoms with E-state index >= 15 is 0 Å². The third-order valence-electron chi connectivity index (χ3n) is 5.12. The quantitative estimate of drug-likeness (QED) is 0.798. The van der Waals surface area contributed by atoms with Crippen LogP contribution in [0.2, 0.25) is 0 Å². The van der Waals surface area contributed by atoms with Crippen LogP contribution in [-0.2, 0) is 16.1 Å². The van der Waals surface area contributed by atoms with Gasteiger partial charge in [-0.2, -0.15) is 0 Å². The molecule has 1 atom stereocenters. The number of rotatable bonds is 3. The summed E-state index contributed by atoms with van der Waals surface area (Å²) in [7, 11) is 1.82. The first-order valence-corrected chi connectivity index (χ1v) is 8.24. The van der Waals surface area contributed by atoms with Crippen molar-refractivity contribution in [1.82, 2.24) is 19.4 Å². The van der Waals surface area contributed by atoms with Gasteiger partial charge >= 0.3 is 5.69 Å². The molecule has 2 aliphatic rings. The maximum absolute atomic E-state index is 12.5. The summed E-state index contributed by atoms with van der Waals surface area (Å²) in [6, 6.07) is 1.26. The molecule has 1 aromatic rings. The lowest BCUT2D eigenvalue weighted by Crippen LogP contribution is -2.48. The Bertz CT molecular complexity index is 768. The smallest absolute Gasteiger partial charge is 0.328 e. The van der Waals surface area contributed by atoms with Crippen molar-refractivity contribution < 1.29 is 9.59 Å². The molecule has 3 heterocycles. The largest absolute Gasteiger partial charge is 0.345 e. The number of nitrogens with zero attached hydrogens (tertiary/aromatic N) is 3. The van der Waals surface area contributed by atoms with Crippen molar-refractivity contribution >= 4 is 11.8 Å². The average molecular weight is 334 g/mol. The summed E-state index contributed by atoms with van der Waals surface area (Å²) in [5.74, 6) is 0.0758. The van der Waals surface area contributed by atoms with Crippen LogP contribution < -0.4 is 11.2 Å². The molecule has 1 N–H and O–H groups in total. The lowest BCUT2D eigenvalue weighted by atomic mass is 9.78. The molecule has 1 aromatic heterocycles. The Morgan fingerprint density at radius 1 is 1.25 bits per heavy atom. The topological polar surface area (TPSA) is 95.5 Å². The Kier molecular flexibility index (Phi) is 4.29. The number of piperidine rings is 1. The number of nitrogens with one attached hydrogen (secondary N) is 1. The van der Waals surface area contributed by atoms with E-state index in [1.54, 1.807) is 9.80 Å². The molecule has 2 fully saturated rings. The number of amides is 2. The Morgan fingerprint density at radius 2 is 2.04 bits per heavy atom. The van der Waals surface area contributed by atoms with Gasteiger partial charge in [-0.25, -0.2) is 4.79 Å². The van der Waals surface area contributed by atoms with Gasteiger partial charge in [-0.3, -0.25) is 19.4 Å². The van der Waals surface area contributed by atoms with Crippen molar-refractivity contribution in [3.05, 3.63) is 33.1 Å². The van der Waals surface area contributed by atoms with Crippen LogP contribution in [0.15, 0.2) is 21.9 Å². The van der Waals surface area contributed by atoms with E-state index in [-0.39, 0.29) is 24.8 Å². The molecule has 0 bridgehead atoms. The van der Waals surface area contributed by atoms with Crippen LogP contribution in [-0.4, -0.2) is 57.8 Å². The summed E-state index contributed by atoms with van der Waals surface area (Å²) >= 11 is 0. The van der Waals surface area contributed by atoms with Gasteiger partial charge in [0.25, 0.3) is 5.56 Å². The number of likely N-dealkylation sites (tertiary alicyclic amines) is 2. The third-order valence-corrected chi connectivity index (χ3v) is 5.12. The van der Waals surface area contributed by atoms with E-state index in [9.17, 15) is 19.2 Å². The minimum Gasteiger partial charge on any atom is -0.345 e. The van der Waals surface area contributed by atoms with E-state index in [1.807, 2.05) is 7.05 Å². The third kappa shape index (κ3) is 3.00. The van der Waals surface area contributed by atoms with Crippen LogP contribution in [0.3, 0.4) is 0 Å². The Morgan fingerprint density at radius 3 is 2.79 bits per heavy atom. The highest BCUT2D eigenvalue weighted by Crippen LogP contribution is 2.39. The van der Waals surface area contributed by atoms with Gasteiger partial charge in [-0.1, -0.05) is 0 Å². The van der Waals surface area contributed by atoms with Gasteiger partial charge in [0.05, 0.1) is 5.41 Å². The Hall–Kier alpha value is -2.38. The molecule has 24 heavy (non-hydrogen) atoms. The standard InChI is InChI=1S/C16H22N4O4/c1-18-7-2-5-16(14(18)23)6-10-20(11-16)13(22)4-9-19-8-3-12(21)17-15(19)24/h3,8H,2,4-7,9-11H2,1H3,(H,17,21,24). The number of carbonyl (C=O) groups excluding carboxylic acids is 2. The van der Waals surface area contributed by atoms with Crippen molar-refractivity contribution in [2.45, 2.75) is 32.2 Å². The maximum atomic E-state index is 12.5. The number of H-pyrrole nitrogens is 1. The van der Waals surface area contributed by atoms with E-state index in [2.05, 4.69) is 4.98 Å². The lowest BCUT2D eigenvalue weighted by molar-refractivity contribution is -0.144. The van der Waals surface area contributed by atoms with Crippen LogP contribution in [0, 0.1) is 5.41 Å². The molecule has 2 saturated heterocycles. The zero-order valence-electron chi connectivity index (χ0n) is 13.8. The van der Waals surface area contributed by atoms with Crippen molar-refractivity contribution in [3.63, 3.8) is 0 Å².